The molecule has 0 atom stereocenters. The van der Waals surface area contributed by atoms with Gasteiger partial charge < -0.3 is 23.5 Å². The second-order valence-corrected chi connectivity index (χ2v) is 32.8. The minimum atomic E-state index is -0.491. The highest BCUT2D eigenvalue weighted by molar-refractivity contribution is 7.00. The number of anilines is 6. The highest BCUT2D eigenvalue weighted by Gasteiger charge is 2.47. The van der Waals surface area contributed by atoms with E-state index >= 15 is 0 Å². The standard InChI is InChI=1S/C103H84BN5/c1-65-33-32-50-90-97(65)78-46-28-31-49-89(78)106(90)74-51-53-85-93(61-74)108(99-79(66-34-16-11-17-35-66)55-70(101(2,3)4)56-80(99)67-36-18-12-19-37-67)95-59-72(103(8,9)10)60-96-98(95)104(85)86-54-52-75(62-94(86)109(96)100-81(68-38-20-13-21-39-68)57-71(102(5,6)7)58-82(100)69-40-22-14-23-41-69)107-88-48-30-27-45-77(88)84-63-91-83(64-92(84)107)76-44-26-29-47-87(76)105(91)73-42-24-15-25-43-73/h11-64H,1-10H3/i28D,31D,32D,33D,46D,49D,50D. The van der Waals surface area contributed by atoms with E-state index in [4.69, 9.17) is 0 Å². The summed E-state index contributed by atoms with van der Waals surface area (Å²) in [6, 6.07) is 103. The summed E-state index contributed by atoms with van der Waals surface area (Å²) in [5.41, 5.74) is 27.2. The number of aromatic nitrogens is 3. The fourth-order valence-electron chi connectivity index (χ4n) is 17.7. The van der Waals surface area contributed by atoms with E-state index in [1.54, 1.807) is 11.5 Å². The molecule has 0 aliphatic carbocycles. The smallest absolute Gasteiger partial charge is 0.252 e. The van der Waals surface area contributed by atoms with Crippen LogP contribution in [-0.2, 0) is 16.2 Å². The van der Waals surface area contributed by atoms with Gasteiger partial charge in [0.25, 0.3) is 6.71 Å². The summed E-state index contributed by atoms with van der Waals surface area (Å²) in [7, 11) is 0. The third-order valence-electron chi connectivity index (χ3n) is 23.0. The third-order valence-corrected chi connectivity index (χ3v) is 23.0. The largest absolute Gasteiger partial charge is 0.310 e. The maximum absolute atomic E-state index is 10.00. The Morgan fingerprint density at radius 3 is 1.08 bits per heavy atom. The molecular weight excluding hydrogens is 1320 g/mol. The van der Waals surface area contributed by atoms with Crippen molar-refractivity contribution in [2.24, 2.45) is 0 Å². The zero-order valence-corrected chi connectivity index (χ0v) is 62.9. The molecule has 0 saturated heterocycles. The molecular formula is C103H84BN5. The molecule has 109 heavy (non-hydrogen) atoms. The monoisotopic (exact) mass is 1410 g/mol. The molecule has 2 aliphatic heterocycles. The second kappa shape index (κ2) is 24.7. The average Bonchev–Trinajstić information content (AvgIpc) is 0.761. The van der Waals surface area contributed by atoms with Crippen molar-refractivity contribution in [1.29, 1.82) is 0 Å². The van der Waals surface area contributed by atoms with Crippen molar-refractivity contribution in [3.8, 4) is 61.6 Å². The maximum atomic E-state index is 10.00. The van der Waals surface area contributed by atoms with Crippen molar-refractivity contribution in [3.63, 3.8) is 0 Å². The van der Waals surface area contributed by atoms with E-state index in [9.17, 15) is 9.60 Å². The van der Waals surface area contributed by atoms with Crippen molar-refractivity contribution in [2.75, 3.05) is 9.80 Å². The quantitative estimate of drug-likeness (QED) is 0.134. The van der Waals surface area contributed by atoms with Gasteiger partial charge in [0.15, 0.2) is 0 Å². The topological polar surface area (TPSA) is 21.3 Å². The molecule has 2 aliphatic rings. The molecule has 3 aromatic heterocycles. The van der Waals surface area contributed by atoms with Crippen LogP contribution in [0.4, 0.5) is 34.1 Å². The Kier molecular flexibility index (Phi) is 13.3. The number of nitrogens with zero attached hydrogens (tertiary/aromatic N) is 5. The van der Waals surface area contributed by atoms with Crippen molar-refractivity contribution in [1.82, 2.24) is 13.7 Å². The van der Waals surface area contributed by atoms with Gasteiger partial charge in [-0.05, 0) is 193 Å². The first-order valence-corrected chi connectivity index (χ1v) is 38.0. The molecule has 15 aromatic carbocycles. The molecule has 524 valence electrons. The number of rotatable bonds is 9. The molecule has 18 aromatic rings. The molecule has 6 heteroatoms. The van der Waals surface area contributed by atoms with Crippen LogP contribution in [0.5, 0.6) is 0 Å². The van der Waals surface area contributed by atoms with Gasteiger partial charge >= 0.3 is 0 Å². The van der Waals surface area contributed by atoms with E-state index in [1.807, 2.05) is 0 Å². The molecule has 0 amide bonds. The highest BCUT2D eigenvalue weighted by Crippen LogP contribution is 2.56. The summed E-state index contributed by atoms with van der Waals surface area (Å²) >= 11 is 0. The number of fused-ring (bicyclic) bond motifs is 13. The fraction of sp³-hybridized carbons (Fsp3) is 0.126. The minimum absolute atomic E-state index is 0.164. The molecule has 5 nitrogen and oxygen atoms in total. The number of benzene rings is 15. The molecule has 0 bridgehead atoms. The SMILES string of the molecule is [2H]c1c([2H])c([2H])c2c(c1[2H])c1c(C)c([2H])c([2H])c([2H])c1n2-c1ccc2c(c1)N(c1c(-c3ccccc3)cc(C(C)(C)C)cc1-c1ccccc1)c1cc(C(C)(C)C)cc3c1B2c1ccc(-n2c4ccccc4c4cc5c(cc42)c2ccccc2n5-c2ccccc2)cc1N3c1c(-c2ccccc2)cc(C(C)(C)C)cc1-c1ccccc1. The Morgan fingerprint density at radius 2 is 0.651 bits per heavy atom. The number of hydrogen-bond donors (Lipinski definition) is 0. The first-order valence-electron chi connectivity index (χ1n) is 41.5. The Morgan fingerprint density at radius 1 is 0.284 bits per heavy atom. The van der Waals surface area contributed by atoms with Crippen LogP contribution in [0.2, 0.25) is 0 Å². The molecule has 0 saturated carbocycles. The number of hydrogen-bond acceptors (Lipinski definition) is 2. The van der Waals surface area contributed by atoms with Crippen LogP contribution in [0.3, 0.4) is 0 Å². The first kappa shape index (κ1) is 58.5. The van der Waals surface area contributed by atoms with E-state index in [-0.39, 0.29) is 57.5 Å². The van der Waals surface area contributed by atoms with Gasteiger partial charge in [-0.1, -0.05) is 281 Å². The van der Waals surface area contributed by atoms with E-state index < -0.39 is 24.2 Å². The van der Waals surface area contributed by atoms with E-state index in [0.29, 0.717) is 16.6 Å². The molecule has 0 unspecified atom stereocenters. The van der Waals surface area contributed by atoms with Crippen LogP contribution in [0, 0.1) is 6.92 Å². The summed E-state index contributed by atoms with van der Waals surface area (Å²) in [5, 5.41) is 5.11. The van der Waals surface area contributed by atoms with Gasteiger partial charge in [-0.2, -0.15) is 0 Å². The lowest BCUT2D eigenvalue weighted by molar-refractivity contribution is 0.590. The van der Waals surface area contributed by atoms with Gasteiger partial charge in [-0.3, -0.25) is 0 Å². The zero-order chi connectivity index (χ0) is 80.0. The van der Waals surface area contributed by atoms with Gasteiger partial charge in [0.1, 0.15) is 0 Å². The first-order chi connectivity index (χ1) is 55.8. The van der Waals surface area contributed by atoms with Gasteiger partial charge in [-0.15, -0.1) is 0 Å². The van der Waals surface area contributed by atoms with Crippen LogP contribution >= 0.6 is 0 Å². The normalized spacial score (nSPS) is 13.9. The van der Waals surface area contributed by atoms with Crippen LogP contribution < -0.4 is 26.2 Å². The molecule has 0 radical (unpaired) electrons. The molecule has 0 fully saturated rings. The van der Waals surface area contributed by atoms with E-state index in [1.165, 1.54) is 5.56 Å². The van der Waals surface area contributed by atoms with E-state index in [2.05, 4.69) is 366 Å². The van der Waals surface area contributed by atoms with Crippen LogP contribution in [-0.4, -0.2) is 20.4 Å². The van der Waals surface area contributed by atoms with Crippen LogP contribution in [0.1, 0.15) is 94.2 Å². The summed E-state index contributed by atoms with van der Waals surface area (Å²) in [5.74, 6) is 0. The molecule has 5 heterocycles. The Balaban J connectivity index is 0.978. The molecule has 20 rings (SSSR count). The maximum Gasteiger partial charge on any atom is 0.252 e. The molecule has 0 N–H and O–H groups in total. The zero-order valence-electron chi connectivity index (χ0n) is 69.9. The summed E-state index contributed by atoms with van der Waals surface area (Å²) in [6.07, 6.45) is 0. The van der Waals surface area contributed by atoms with Gasteiger partial charge in [0.2, 0.25) is 0 Å². The lowest BCUT2D eigenvalue weighted by Crippen LogP contribution is -2.61. The van der Waals surface area contributed by atoms with Crippen molar-refractivity contribution < 1.29 is 9.60 Å². The van der Waals surface area contributed by atoms with Crippen molar-refractivity contribution in [2.45, 2.75) is 85.5 Å². The van der Waals surface area contributed by atoms with Crippen molar-refractivity contribution >= 4 is 123 Å². The summed E-state index contributed by atoms with van der Waals surface area (Å²) in [6.45, 7) is 21.9. The average molecular weight is 1410 g/mol. The Bertz CT molecular complexity index is 6970. The van der Waals surface area contributed by atoms with Gasteiger partial charge in [0, 0.05) is 94.4 Å². The van der Waals surface area contributed by atoms with Crippen LogP contribution in [0.15, 0.2) is 327 Å². The summed E-state index contributed by atoms with van der Waals surface area (Å²) < 4.78 is 73.7. The van der Waals surface area contributed by atoms with Gasteiger partial charge in [-0.25, -0.2) is 0 Å². The summed E-state index contributed by atoms with van der Waals surface area (Å²) in [4.78, 5) is 5.15. The Labute approximate surface area is 648 Å². The van der Waals surface area contributed by atoms with E-state index in [0.717, 1.165) is 161 Å². The fourth-order valence-corrected chi connectivity index (χ4v) is 17.7. The highest BCUT2D eigenvalue weighted by atomic mass is 15.2. The lowest BCUT2D eigenvalue weighted by atomic mass is 9.33. The second-order valence-electron chi connectivity index (χ2n) is 32.8. The third kappa shape index (κ3) is 10.4. The predicted octanol–water partition coefficient (Wildman–Crippen LogP) is 25.9. The predicted molar refractivity (Wildman–Crippen MR) is 466 cm³/mol. The lowest BCUT2D eigenvalue weighted by Gasteiger charge is -2.47. The van der Waals surface area contributed by atoms with Gasteiger partial charge in [0.05, 0.1) is 54.1 Å². The Hall–Kier alpha value is -12.6. The molecule has 0 spiro atoms. The van der Waals surface area contributed by atoms with Crippen molar-refractivity contribution in [3.05, 3.63) is 350 Å². The minimum Gasteiger partial charge on any atom is -0.310 e. The van der Waals surface area contributed by atoms with Crippen LogP contribution in [0.25, 0.3) is 127 Å². The number of aryl methyl sites for hydroxylation is 1. The number of para-hydroxylation sites is 4.